The van der Waals surface area contributed by atoms with Gasteiger partial charge in [-0.25, -0.2) is 5.43 Å². The minimum Gasteiger partial charge on any atom is -0.481 e. The Balaban J connectivity index is 2.51. The molecular weight excluding hydrogens is 252 g/mol. The summed E-state index contributed by atoms with van der Waals surface area (Å²) >= 11 is 0. The second-order valence-electron chi connectivity index (χ2n) is 5.50. The summed E-state index contributed by atoms with van der Waals surface area (Å²) in [6.07, 6.45) is 1.98. The van der Waals surface area contributed by atoms with E-state index >= 15 is 0 Å². The third-order valence-corrected chi connectivity index (χ3v) is 2.72. The van der Waals surface area contributed by atoms with Crippen LogP contribution in [-0.2, 0) is 4.79 Å². The van der Waals surface area contributed by atoms with E-state index in [1.165, 1.54) is 0 Å². The van der Waals surface area contributed by atoms with Gasteiger partial charge in [-0.15, -0.1) is 0 Å². The van der Waals surface area contributed by atoms with Crippen LogP contribution in [-0.4, -0.2) is 18.2 Å². The van der Waals surface area contributed by atoms with Crippen molar-refractivity contribution in [1.29, 1.82) is 0 Å². The number of aryl methyl sites for hydroxylation is 2. The fraction of sp³-hybridized carbons (Fsp3) is 0.500. The summed E-state index contributed by atoms with van der Waals surface area (Å²) in [6.45, 7) is 9.91. The van der Waals surface area contributed by atoms with Crippen LogP contribution in [0.5, 0.6) is 5.75 Å². The SMILES string of the molecule is Cc1cc(C)cc(O[C@@H](C)C(=O)NN=CCC(C)C)c1. The molecule has 0 heterocycles. The quantitative estimate of drug-likeness (QED) is 0.640. The molecule has 110 valence electrons. The van der Waals surface area contributed by atoms with E-state index in [0.717, 1.165) is 17.5 Å². The van der Waals surface area contributed by atoms with Crippen molar-refractivity contribution in [3.8, 4) is 5.75 Å². The molecule has 1 rings (SSSR count). The number of nitrogens with one attached hydrogen (secondary N) is 1. The molecule has 0 fully saturated rings. The molecule has 0 aromatic heterocycles. The van der Waals surface area contributed by atoms with Crippen LogP contribution in [0.3, 0.4) is 0 Å². The highest BCUT2D eigenvalue weighted by atomic mass is 16.5. The van der Waals surface area contributed by atoms with Gasteiger partial charge in [0.2, 0.25) is 0 Å². The molecule has 1 amide bonds. The molecule has 0 spiro atoms. The molecule has 0 unspecified atom stereocenters. The van der Waals surface area contributed by atoms with E-state index in [-0.39, 0.29) is 5.91 Å². The zero-order chi connectivity index (χ0) is 15.1. The van der Waals surface area contributed by atoms with Gasteiger partial charge in [0.15, 0.2) is 6.10 Å². The van der Waals surface area contributed by atoms with Crippen LogP contribution in [0, 0.1) is 19.8 Å². The predicted octanol–water partition coefficient (Wildman–Crippen LogP) is 3.22. The summed E-state index contributed by atoms with van der Waals surface area (Å²) in [7, 11) is 0. The molecule has 0 aliphatic heterocycles. The molecule has 4 heteroatoms. The van der Waals surface area contributed by atoms with Crippen LogP contribution in [0.4, 0.5) is 0 Å². The second-order valence-corrected chi connectivity index (χ2v) is 5.50. The molecule has 1 aromatic carbocycles. The molecule has 0 saturated carbocycles. The van der Waals surface area contributed by atoms with Gasteiger partial charge in [-0.2, -0.15) is 5.10 Å². The van der Waals surface area contributed by atoms with Crippen LogP contribution in [0.25, 0.3) is 0 Å². The van der Waals surface area contributed by atoms with Gasteiger partial charge in [-0.3, -0.25) is 4.79 Å². The maximum Gasteiger partial charge on any atom is 0.280 e. The van der Waals surface area contributed by atoms with Gasteiger partial charge >= 0.3 is 0 Å². The van der Waals surface area contributed by atoms with E-state index in [9.17, 15) is 4.79 Å². The summed E-state index contributed by atoms with van der Waals surface area (Å²) in [5.74, 6) is 0.986. The summed E-state index contributed by atoms with van der Waals surface area (Å²) in [6, 6.07) is 5.89. The third-order valence-electron chi connectivity index (χ3n) is 2.72. The number of nitrogens with zero attached hydrogens (tertiary/aromatic N) is 1. The normalized spacial score (nSPS) is 12.7. The zero-order valence-corrected chi connectivity index (χ0v) is 12.9. The van der Waals surface area contributed by atoms with Crippen molar-refractivity contribution in [2.45, 2.75) is 47.1 Å². The molecule has 4 nitrogen and oxygen atoms in total. The average Bonchev–Trinajstić information content (AvgIpc) is 2.32. The van der Waals surface area contributed by atoms with Crippen molar-refractivity contribution in [2.75, 3.05) is 0 Å². The van der Waals surface area contributed by atoms with Gasteiger partial charge in [0.25, 0.3) is 5.91 Å². The highest BCUT2D eigenvalue weighted by Gasteiger charge is 2.14. The first-order valence-electron chi connectivity index (χ1n) is 6.95. The largest absolute Gasteiger partial charge is 0.481 e. The standard InChI is InChI=1S/C16H24N2O2/c1-11(2)6-7-17-18-16(19)14(5)20-15-9-12(3)8-13(4)10-15/h7-11,14H,6H2,1-5H3,(H,18,19)/t14-/m0/s1. The van der Waals surface area contributed by atoms with Crippen molar-refractivity contribution in [3.05, 3.63) is 29.3 Å². The van der Waals surface area contributed by atoms with Crippen LogP contribution >= 0.6 is 0 Å². The summed E-state index contributed by atoms with van der Waals surface area (Å²) in [5, 5.41) is 3.90. The Bertz CT molecular complexity index is 461. The van der Waals surface area contributed by atoms with Gasteiger partial charge in [0.1, 0.15) is 5.75 Å². The van der Waals surface area contributed by atoms with Crippen LogP contribution in [0.1, 0.15) is 38.3 Å². The number of amides is 1. The molecule has 0 saturated heterocycles. The van der Waals surface area contributed by atoms with E-state index in [4.69, 9.17) is 4.74 Å². The Morgan fingerprint density at radius 1 is 1.25 bits per heavy atom. The lowest BCUT2D eigenvalue weighted by Crippen LogP contribution is -2.33. The topological polar surface area (TPSA) is 50.7 Å². The van der Waals surface area contributed by atoms with Crippen molar-refractivity contribution in [3.63, 3.8) is 0 Å². The fourth-order valence-corrected chi connectivity index (χ4v) is 1.72. The first kappa shape index (κ1) is 16.2. The maximum atomic E-state index is 11.8. The smallest absolute Gasteiger partial charge is 0.280 e. The van der Waals surface area contributed by atoms with Crippen molar-refractivity contribution >= 4 is 12.1 Å². The number of hydrogen-bond acceptors (Lipinski definition) is 3. The number of benzene rings is 1. The highest BCUT2D eigenvalue weighted by Crippen LogP contribution is 2.17. The minimum absolute atomic E-state index is 0.246. The summed E-state index contributed by atoms with van der Waals surface area (Å²) in [5.41, 5.74) is 4.72. The number of hydrogen-bond donors (Lipinski definition) is 1. The van der Waals surface area contributed by atoms with E-state index in [0.29, 0.717) is 11.7 Å². The molecule has 1 aromatic rings. The van der Waals surface area contributed by atoms with Gasteiger partial charge in [0.05, 0.1) is 0 Å². The third kappa shape index (κ3) is 5.87. The van der Waals surface area contributed by atoms with Gasteiger partial charge in [0, 0.05) is 6.21 Å². The predicted molar refractivity (Wildman–Crippen MR) is 82.1 cm³/mol. The summed E-state index contributed by atoms with van der Waals surface area (Å²) < 4.78 is 5.63. The highest BCUT2D eigenvalue weighted by molar-refractivity contribution is 5.81. The molecule has 0 bridgehead atoms. The van der Waals surface area contributed by atoms with E-state index in [2.05, 4.69) is 30.4 Å². The Morgan fingerprint density at radius 2 is 1.85 bits per heavy atom. The van der Waals surface area contributed by atoms with Crippen molar-refractivity contribution in [2.24, 2.45) is 11.0 Å². The number of carbonyl (C=O) groups is 1. The molecule has 20 heavy (non-hydrogen) atoms. The Morgan fingerprint density at radius 3 is 2.40 bits per heavy atom. The summed E-state index contributed by atoms with van der Waals surface area (Å²) in [4.78, 5) is 11.8. The molecule has 1 atom stereocenters. The Labute approximate surface area is 121 Å². The molecule has 1 N–H and O–H groups in total. The number of ether oxygens (including phenoxy) is 1. The van der Waals surface area contributed by atoms with Gasteiger partial charge in [-0.05, 0) is 56.4 Å². The first-order chi connectivity index (χ1) is 9.38. The van der Waals surface area contributed by atoms with E-state index < -0.39 is 6.10 Å². The van der Waals surface area contributed by atoms with Gasteiger partial charge in [-0.1, -0.05) is 19.9 Å². The Hall–Kier alpha value is -1.84. The zero-order valence-electron chi connectivity index (χ0n) is 12.9. The number of carbonyl (C=O) groups excluding carboxylic acids is 1. The molecule has 0 aliphatic carbocycles. The average molecular weight is 276 g/mol. The van der Waals surface area contributed by atoms with Crippen LogP contribution in [0.15, 0.2) is 23.3 Å². The maximum absolute atomic E-state index is 11.8. The molecule has 0 radical (unpaired) electrons. The second kappa shape index (κ2) is 7.68. The minimum atomic E-state index is -0.576. The van der Waals surface area contributed by atoms with Crippen LogP contribution in [0.2, 0.25) is 0 Å². The molecule has 0 aliphatic rings. The molecular formula is C16H24N2O2. The number of hydrazone groups is 1. The Kier molecular flexibility index (Phi) is 6.22. The fourth-order valence-electron chi connectivity index (χ4n) is 1.72. The lowest BCUT2D eigenvalue weighted by molar-refractivity contribution is -0.127. The van der Waals surface area contributed by atoms with E-state index in [1.807, 2.05) is 26.0 Å². The monoisotopic (exact) mass is 276 g/mol. The van der Waals surface area contributed by atoms with E-state index in [1.54, 1.807) is 13.1 Å². The lowest BCUT2D eigenvalue weighted by Gasteiger charge is -2.14. The van der Waals surface area contributed by atoms with Crippen LogP contribution < -0.4 is 10.2 Å². The first-order valence-corrected chi connectivity index (χ1v) is 6.95. The lowest BCUT2D eigenvalue weighted by atomic mass is 10.1. The van der Waals surface area contributed by atoms with Crippen molar-refractivity contribution in [1.82, 2.24) is 5.43 Å². The number of rotatable bonds is 6. The van der Waals surface area contributed by atoms with Crippen molar-refractivity contribution < 1.29 is 9.53 Å². The van der Waals surface area contributed by atoms with Gasteiger partial charge < -0.3 is 4.74 Å².